The van der Waals surface area contributed by atoms with Crippen LogP contribution in [-0.4, -0.2) is 79.2 Å². The zero-order valence-corrected chi connectivity index (χ0v) is 21.4. The van der Waals surface area contributed by atoms with E-state index in [4.69, 9.17) is 9.72 Å². The quantitative estimate of drug-likeness (QED) is 0.513. The summed E-state index contributed by atoms with van der Waals surface area (Å²) in [6.45, 7) is 3.43. The molecule has 1 amide bonds. The molecule has 2 N–H and O–H groups in total. The van der Waals surface area contributed by atoms with Crippen LogP contribution in [0.3, 0.4) is 0 Å². The summed E-state index contributed by atoms with van der Waals surface area (Å²) < 4.78 is 6.25. The molecule has 2 aliphatic rings. The molecule has 0 radical (unpaired) electrons. The van der Waals surface area contributed by atoms with Crippen LogP contribution in [0.5, 0.6) is 0 Å². The molecule has 1 saturated heterocycles. The first-order valence-electron chi connectivity index (χ1n) is 12.2. The van der Waals surface area contributed by atoms with Crippen molar-refractivity contribution in [3.05, 3.63) is 35.0 Å². The van der Waals surface area contributed by atoms with Crippen molar-refractivity contribution in [3.8, 4) is 0 Å². The average Bonchev–Trinajstić information content (AvgIpc) is 3.52. The summed E-state index contributed by atoms with van der Waals surface area (Å²) >= 11 is 1.50. The van der Waals surface area contributed by atoms with Crippen LogP contribution in [0, 0.1) is 0 Å². The van der Waals surface area contributed by atoms with Gasteiger partial charge >= 0.3 is 0 Å². The van der Waals surface area contributed by atoms with E-state index in [1.54, 1.807) is 26.1 Å². The van der Waals surface area contributed by atoms with Crippen LogP contribution in [0.4, 0.5) is 17.5 Å². The second kappa shape index (κ2) is 10.4. The topological polar surface area (TPSA) is 95.5 Å². The summed E-state index contributed by atoms with van der Waals surface area (Å²) in [5, 5.41) is 6.74. The van der Waals surface area contributed by atoms with Crippen molar-refractivity contribution in [2.24, 2.45) is 0 Å². The Morgan fingerprint density at radius 2 is 2.09 bits per heavy atom. The maximum Gasteiger partial charge on any atom is 0.263 e. The summed E-state index contributed by atoms with van der Waals surface area (Å²) in [5.41, 5.74) is 3.08. The number of rotatable bonds is 7. The fourth-order valence-corrected chi connectivity index (χ4v) is 6.28. The number of thiophene rings is 1. The molecule has 1 atom stereocenters. The molecule has 4 heterocycles. The standard InChI is InChI=1S/C25H33N7O2S/c1-31(2)24(33)23-21(16-6-4-5-7-16)22-19(35-23)13-28-25(30-22)29-20-9-8-18(12-27-20)32-11-10-26-17(14-32)15-34-3/h8-9,12-13,16-17,26H,4-7,10-11,14-15H2,1-3H3,(H,27,28,29,30)/t17-/m0/s1. The van der Waals surface area contributed by atoms with Gasteiger partial charge in [0.2, 0.25) is 5.95 Å². The van der Waals surface area contributed by atoms with Crippen molar-refractivity contribution in [1.29, 1.82) is 0 Å². The van der Waals surface area contributed by atoms with Gasteiger partial charge in [0, 0.05) is 52.4 Å². The lowest BCUT2D eigenvalue weighted by atomic mass is 9.96. The van der Waals surface area contributed by atoms with Crippen LogP contribution in [-0.2, 0) is 4.74 Å². The summed E-state index contributed by atoms with van der Waals surface area (Å²) in [4.78, 5) is 31.7. The molecule has 2 fully saturated rings. The highest BCUT2D eigenvalue weighted by Gasteiger charge is 2.29. The smallest absolute Gasteiger partial charge is 0.263 e. The minimum absolute atomic E-state index is 0.0438. The molecular weight excluding hydrogens is 462 g/mol. The fraction of sp³-hybridized carbons (Fsp3) is 0.520. The predicted molar refractivity (Wildman–Crippen MR) is 140 cm³/mol. The molecule has 9 nitrogen and oxygen atoms in total. The Morgan fingerprint density at radius 3 is 2.80 bits per heavy atom. The van der Waals surface area contributed by atoms with Gasteiger partial charge in [-0.05, 0) is 30.9 Å². The third-order valence-corrected chi connectivity index (χ3v) is 7.92. The largest absolute Gasteiger partial charge is 0.383 e. The summed E-state index contributed by atoms with van der Waals surface area (Å²) in [5.74, 6) is 1.62. The summed E-state index contributed by atoms with van der Waals surface area (Å²) in [6, 6.07) is 4.35. The minimum atomic E-state index is 0.0438. The Morgan fingerprint density at radius 1 is 1.26 bits per heavy atom. The molecule has 10 heteroatoms. The highest BCUT2D eigenvalue weighted by atomic mass is 32.1. The number of pyridine rings is 1. The number of nitrogens with one attached hydrogen (secondary N) is 2. The van der Waals surface area contributed by atoms with Gasteiger partial charge in [0.15, 0.2) is 0 Å². The maximum atomic E-state index is 12.9. The number of carbonyl (C=O) groups excluding carboxylic acids is 1. The van der Waals surface area contributed by atoms with Crippen LogP contribution in [0.25, 0.3) is 10.2 Å². The van der Waals surface area contributed by atoms with Gasteiger partial charge in [-0.25, -0.2) is 15.0 Å². The molecule has 5 rings (SSSR count). The number of carbonyl (C=O) groups is 1. The fourth-order valence-electron chi connectivity index (χ4n) is 5.06. The first kappa shape index (κ1) is 23.9. The average molecular weight is 496 g/mol. The molecule has 1 aliphatic heterocycles. The molecule has 0 bridgehead atoms. The third-order valence-electron chi connectivity index (χ3n) is 6.81. The number of piperazine rings is 1. The van der Waals surface area contributed by atoms with E-state index >= 15 is 0 Å². The van der Waals surface area contributed by atoms with Gasteiger partial charge in [0.05, 0.1) is 39.8 Å². The van der Waals surface area contributed by atoms with E-state index in [1.165, 1.54) is 24.2 Å². The van der Waals surface area contributed by atoms with Crippen molar-refractivity contribution < 1.29 is 9.53 Å². The Balaban J connectivity index is 1.37. The molecule has 0 aromatic carbocycles. The van der Waals surface area contributed by atoms with Crippen molar-refractivity contribution in [1.82, 2.24) is 25.2 Å². The number of hydrogen-bond acceptors (Lipinski definition) is 9. The van der Waals surface area contributed by atoms with E-state index in [9.17, 15) is 4.79 Å². The number of fused-ring (bicyclic) bond motifs is 1. The number of nitrogens with zero attached hydrogens (tertiary/aromatic N) is 5. The summed E-state index contributed by atoms with van der Waals surface area (Å²) in [6.07, 6.45) is 8.32. The zero-order chi connectivity index (χ0) is 24.4. The second-order valence-corrected chi connectivity index (χ2v) is 10.6. The Hall–Kier alpha value is -2.82. The molecule has 186 valence electrons. The number of aromatic nitrogens is 3. The Kier molecular flexibility index (Phi) is 7.12. The number of hydrogen-bond donors (Lipinski definition) is 2. The lowest BCUT2D eigenvalue weighted by molar-refractivity contribution is 0.0831. The lowest BCUT2D eigenvalue weighted by Crippen LogP contribution is -2.52. The Labute approximate surface area is 209 Å². The number of anilines is 3. The normalized spacial score (nSPS) is 18.8. The molecular formula is C25H33N7O2S. The van der Waals surface area contributed by atoms with Crippen molar-refractivity contribution in [2.75, 3.05) is 57.7 Å². The van der Waals surface area contributed by atoms with E-state index < -0.39 is 0 Å². The summed E-state index contributed by atoms with van der Waals surface area (Å²) in [7, 11) is 5.34. The molecule has 3 aromatic heterocycles. The molecule has 0 spiro atoms. The monoisotopic (exact) mass is 495 g/mol. The molecule has 35 heavy (non-hydrogen) atoms. The zero-order valence-electron chi connectivity index (χ0n) is 20.6. The highest BCUT2D eigenvalue weighted by molar-refractivity contribution is 7.21. The first-order chi connectivity index (χ1) is 17.0. The molecule has 1 aliphatic carbocycles. The number of ether oxygens (including phenoxy) is 1. The lowest BCUT2D eigenvalue weighted by Gasteiger charge is -2.34. The van der Waals surface area contributed by atoms with Gasteiger partial charge in [-0.2, -0.15) is 0 Å². The van der Waals surface area contributed by atoms with Gasteiger partial charge in [0.25, 0.3) is 5.91 Å². The second-order valence-electron chi connectivity index (χ2n) is 9.51. The SMILES string of the molecule is COC[C@@H]1CN(c2ccc(Nc3ncc4sc(C(=O)N(C)C)c(C5CCCC5)c4n3)nc2)CCN1. The molecule has 0 unspecified atom stereocenters. The maximum absolute atomic E-state index is 12.9. The minimum Gasteiger partial charge on any atom is -0.383 e. The van der Waals surface area contributed by atoms with Crippen LogP contribution in [0.15, 0.2) is 24.5 Å². The van der Waals surface area contributed by atoms with E-state index in [0.717, 1.165) is 58.8 Å². The third kappa shape index (κ3) is 5.10. The van der Waals surface area contributed by atoms with Crippen molar-refractivity contribution in [3.63, 3.8) is 0 Å². The van der Waals surface area contributed by atoms with Crippen LogP contribution in [0.1, 0.15) is 46.8 Å². The number of methoxy groups -OCH3 is 1. The van der Waals surface area contributed by atoms with Gasteiger partial charge < -0.3 is 25.2 Å². The van der Waals surface area contributed by atoms with E-state index in [2.05, 4.69) is 31.6 Å². The van der Waals surface area contributed by atoms with E-state index in [1.807, 2.05) is 18.5 Å². The van der Waals surface area contributed by atoms with Gasteiger partial charge in [0.1, 0.15) is 5.82 Å². The number of amides is 1. The molecule has 3 aromatic rings. The van der Waals surface area contributed by atoms with Crippen LogP contribution in [0.2, 0.25) is 0 Å². The van der Waals surface area contributed by atoms with Crippen molar-refractivity contribution >= 4 is 44.9 Å². The molecule has 1 saturated carbocycles. The van der Waals surface area contributed by atoms with Crippen molar-refractivity contribution in [2.45, 2.75) is 37.6 Å². The van der Waals surface area contributed by atoms with Gasteiger partial charge in [-0.15, -0.1) is 11.3 Å². The van der Waals surface area contributed by atoms with Crippen LogP contribution >= 0.6 is 11.3 Å². The van der Waals surface area contributed by atoms with Crippen LogP contribution < -0.4 is 15.5 Å². The Bertz CT molecular complexity index is 1170. The van der Waals surface area contributed by atoms with E-state index in [-0.39, 0.29) is 5.91 Å². The van der Waals surface area contributed by atoms with Gasteiger partial charge in [-0.1, -0.05) is 12.8 Å². The highest BCUT2D eigenvalue weighted by Crippen LogP contribution is 2.43. The van der Waals surface area contributed by atoms with Gasteiger partial charge in [-0.3, -0.25) is 4.79 Å². The van der Waals surface area contributed by atoms with E-state index in [0.29, 0.717) is 30.3 Å². The first-order valence-corrected chi connectivity index (χ1v) is 13.1. The predicted octanol–water partition coefficient (Wildman–Crippen LogP) is 3.61.